The Morgan fingerprint density at radius 2 is 2.05 bits per heavy atom. The topological polar surface area (TPSA) is 59.0 Å². The molecule has 1 spiro atoms. The standard InChI is InChI=1S/C16H27NO4/c1-5-13(18)12-11-20-16(9-7-6-8-10-16)17(12)14(19)21-15(2,3)4/h5,12-13,18H,1,6-11H2,2-4H3/t12-,13+/m1/s1. The second-order valence-corrected chi connectivity index (χ2v) is 6.96. The van der Waals surface area contributed by atoms with Gasteiger partial charge in [-0.1, -0.05) is 12.5 Å². The van der Waals surface area contributed by atoms with Crippen molar-refractivity contribution in [1.29, 1.82) is 0 Å². The van der Waals surface area contributed by atoms with E-state index in [0.29, 0.717) is 6.61 Å². The SMILES string of the molecule is C=C[C@H](O)[C@H]1COC2(CCCCC2)N1C(=O)OC(C)(C)C. The van der Waals surface area contributed by atoms with Gasteiger partial charge in [-0.15, -0.1) is 6.58 Å². The third-order valence-corrected chi connectivity index (χ3v) is 4.15. The van der Waals surface area contributed by atoms with E-state index in [2.05, 4.69) is 6.58 Å². The van der Waals surface area contributed by atoms with Crippen LogP contribution in [-0.4, -0.2) is 46.2 Å². The second kappa shape index (κ2) is 5.97. The molecular weight excluding hydrogens is 270 g/mol. The van der Waals surface area contributed by atoms with Gasteiger partial charge in [0.2, 0.25) is 0 Å². The maximum atomic E-state index is 12.6. The Morgan fingerprint density at radius 1 is 1.43 bits per heavy atom. The van der Waals surface area contributed by atoms with Crippen LogP contribution < -0.4 is 0 Å². The van der Waals surface area contributed by atoms with Crippen molar-refractivity contribution in [2.24, 2.45) is 0 Å². The third-order valence-electron chi connectivity index (χ3n) is 4.15. The normalized spacial score (nSPS) is 26.7. The molecule has 5 nitrogen and oxygen atoms in total. The number of hydrogen-bond donors (Lipinski definition) is 1. The van der Waals surface area contributed by atoms with Gasteiger partial charge in [0.15, 0.2) is 0 Å². The molecule has 1 N–H and O–H groups in total. The van der Waals surface area contributed by atoms with Crippen molar-refractivity contribution in [1.82, 2.24) is 4.90 Å². The molecule has 1 aliphatic heterocycles. The number of rotatable bonds is 2. The Morgan fingerprint density at radius 3 is 2.57 bits per heavy atom. The average Bonchev–Trinajstić information content (AvgIpc) is 2.76. The van der Waals surface area contributed by atoms with Crippen LogP contribution in [0.2, 0.25) is 0 Å². The monoisotopic (exact) mass is 297 g/mol. The molecule has 2 atom stereocenters. The number of aliphatic hydroxyl groups is 1. The number of aliphatic hydroxyl groups excluding tert-OH is 1. The predicted octanol–water partition coefficient (Wildman–Crippen LogP) is 2.83. The van der Waals surface area contributed by atoms with Gasteiger partial charge in [0.05, 0.1) is 18.8 Å². The van der Waals surface area contributed by atoms with Crippen molar-refractivity contribution in [3.8, 4) is 0 Å². The summed E-state index contributed by atoms with van der Waals surface area (Å²) in [6.45, 7) is 9.47. The zero-order valence-corrected chi connectivity index (χ0v) is 13.3. The van der Waals surface area contributed by atoms with Gasteiger partial charge >= 0.3 is 6.09 Å². The molecule has 0 bridgehead atoms. The fourth-order valence-corrected chi connectivity index (χ4v) is 3.20. The number of hydrogen-bond acceptors (Lipinski definition) is 4. The lowest BCUT2D eigenvalue weighted by Crippen LogP contribution is -2.56. The summed E-state index contributed by atoms with van der Waals surface area (Å²) >= 11 is 0. The zero-order chi connectivity index (χ0) is 15.7. The van der Waals surface area contributed by atoms with Gasteiger partial charge in [0, 0.05) is 0 Å². The summed E-state index contributed by atoms with van der Waals surface area (Å²) < 4.78 is 11.5. The molecule has 2 rings (SSSR count). The van der Waals surface area contributed by atoms with E-state index in [9.17, 15) is 9.90 Å². The van der Waals surface area contributed by atoms with Gasteiger partial charge in [0.1, 0.15) is 11.3 Å². The lowest BCUT2D eigenvalue weighted by atomic mass is 9.90. The zero-order valence-electron chi connectivity index (χ0n) is 13.3. The first-order valence-electron chi connectivity index (χ1n) is 7.76. The molecule has 5 heteroatoms. The van der Waals surface area contributed by atoms with E-state index in [1.807, 2.05) is 20.8 Å². The lowest BCUT2D eigenvalue weighted by molar-refractivity contribution is -0.110. The smallest absolute Gasteiger partial charge is 0.413 e. The molecule has 1 saturated heterocycles. The fourth-order valence-electron chi connectivity index (χ4n) is 3.20. The van der Waals surface area contributed by atoms with Crippen LogP contribution in [-0.2, 0) is 9.47 Å². The molecule has 0 aromatic rings. The Balaban J connectivity index is 2.26. The van der Waals surface area contributed by atoms with Crippen LogP contribution in [0.4, 0.5) is 4.79 Å². The second-order valence-electron chi connectivity index (χ2n) is 6.96. The molecule has 21 heavy (non-hydrogen) atoms. The van der Waals surface area contributed by atoms with Crippen LogP contribution in [0, 0.1) is 0 Å². The van der Waals surface area contributed by atoms with Crippen molar-refractivity contribution in [2.75, 3.05) is 6.61 Å². The van der Waals surface area contributed by atoms with Crippen LogP contribution in [0.15, 0.2) is 12.7 Å². The maximum Gasteiger partial charge on any atom is 0.413 e. The minimum Gasteiger partial charge on any atom is -0.444 e. The number of carbonyl (C=O) groups excluding carboxylic acids is 1. The number of nitrogens with zero attached hydrogens (tertiary/aromatic N) is 1. The van der Waals surface area contributed by atoms with E-state index < -0.39 is 29.6 Å². The van der Waals surface area contributed by atoms with Crippen LogP contribution in [0.5, 0.6) is 0 Å². The first kappa shape index (κ1) is 16.3. The first-order valence-corrected chi connectivity index (χ1v) is 7.76. The summed E-state index contributed by atoms with van der Waals surface area (Å²) in [5.41, 5.74) is -1.19. The average molecular weight is 297 g/mol. The summed E-state index contributed by atoms with van der Waals surface area (Å²) in [6.07, 6.45) is 5.03. The number of amides is 1. The largest absolute Gasteiger partial charge is 0.444 e. The van der Waals surface area contributed by atoms with Gasteiger partial charge in [-0.05, 0) is 46.5 Å². The fraction of sp³-hybridized carbons (Fsp3) is 0.812. The van der Waals surface area contributed by atoms with Crippen molar-refractivity contribution < 1.29 is 19.4 Å². The molecule has 0 aromatic carbocycles. The molecule has 1 saturated carbocycles. The van der Waals surface area contributed by atoms with Crippen molar-refractivity contribution in [3.63, 3.8) is 0 Å². The quantitative estimate of drug-likeness (QED) is 0.796. The number of carbonyl (C=O) groups is 1. The van der Waals surface area contributed by atoms with Gasteiger partial charge in [-0.3, -0.25) is 4.90 Å². The highest BCUT2D eigenvalue weighted by atomic mass is 16.6. The van der Waals surface area contributed by atoms with Crippen molar-refractivity contribution in [3.05, 3.63) is 12.7 Å². The van der Waals surface area contributed by atoms with Gasteiger partial charge in [-0.25, -0.2) is 4.79 Å². The van der Waals surface area contributed by atoms with E-state index >= 15 is 0 Å². The van der Waals surface area contributed by atoms with Gasteiger partial charge in [-0.2, -0.15) is 0 Å². The van der Waals surface area contributed by atoms with E-state index in [0.717, 1.165) is 32.1 Å². The molecular formula is C16H27NO4. The Labute approximate surface area is 126 Å². The van der Waals surface area contributed by atoms with E-state index in [-0.39, 0.29) is 0 Å². The van der Waals surface area contributed by atoms with Crippen LogP contribution in [0.3, 0.4) is 0 Å². The lowest BCUT2D eigenvalue weighted by Gasteiger charge is -2.42. The third kappa shape index (κ3) is 3.40. The Hall–Kier alpha value is -1.07. The minimum absolute atomic E-state index is 0.326. The molecule has 0 unspecified atom stereocenters. The highest BCUT2D eigenvalue weighted by Gasteiger charge is 2.53. The molecule has 1 aliphatic carbocycles. The highest BCUT2D eigenvalue weighted by molar-refractivity contribution is 5.70. The van der Waals surface area contributed by atoms with Crippen molar-refractivity contribution in [2.45, 2.75) is 76.3 Å². The molecule has 2 aliphatic rings. The van der Waals surface area contributed by atoms with Gasteiger partial charge in [0.25, 0.3) is 0 Å². The number of ether oxygens (including phenoxy) is 2. The molecule has 0 aromatic heterocycles. The van der Waals surface area contributed by atoms with E-state index in [1.54, 1.807) is 4.90 Å². The van der Waals surface area contributed by atoms with Crippen LogP contribution >= 0.6 is 0 Å². The van der Waals surface area contributed by atoms with Crippen molar-refractivity contribution >= 4 is 6.09 Å². The molecule has 2 fully saturated rings. The van der Waals surface area contributed by atoms with Crippen LogP contribution in [0.1, 0.15) is 52.9 Å². The highest BCUT2D eigenvalue weighted by Crippen LogP contribution is 2.42. The van der Waals surface area contributed by atoms with Crippen LogP contribution in [0.25, 0.3) is 0 Å². The van der Waals surface area contributed by atoms with Gasteiger partial charge < -0.3 is 14.6 Å². The molecule has 120 valence electrons. The summed E-state index contributed by atoms with van der Waals surface area (Å²) in [5, 5.41) is 10.1. The maximum absolute atomic E-state index is 12.6. The predicted molar refractivity (Wildman–Crippen MR) is 79.8 cm³/mol. The minimum atomic E-state index is -0.807. The molecule has 1 amide bonds. The molecule has 0 radical (unpaired) electrons. The van der Waals surface area contributed by atoms with E-state index in [4.69, 9.17) is 9.47 Å². The summed E-state index contributed by atoms with van der Waals surface area (Å²) in [5.74, 6) is 0. The van der Waals surface area contributed by atoms with E-state index in [1.165, 1.54) is 6.08 Å². The Kier molecular flexibility index (Phi) is 4.63. The summed E-state index contributed by atoms with van der Waals surface area (Å²) in [4.78, 5) is 14.3. The summed E-state index contributed by atoms with van der Waals surface area (Å²) in [6, 6.07) is -0.421. The summed E-state index contributed by atoms with van der Waals surface area (Å²) in [7, 11) is 0. The molecule has 1 heterocycles. The Bertz CT molecular complexity index is 396. The first-order chi connectivity index (χ1) is 9.79.